The molecule has 0 atom stereocenters. The Bertz CT molecular complexity index is 422. The highest BCUT2D eigenvalue weighted by Crippen LogP contribution is 2.33. The number of aliphatic carboxylic acids is 1. The number of carboxylic acid groups (broad SMARTS) is 1. The highest BCUT2D eigenvalue weighted by Gasteiger charge is 2.15. The Morgan fingerprint density at radius 3 is 2.56 bits per heavy atom. The number of methoxy groups -OCH3 is 1. The molecule has 1 N–H and O–H groups in total. The van der Waals surface area contributed by atoms with Gasteiger partial charge in [-0.1, -0.05) is 26.0 Å². The van der Waals surface area contributed by atoms with E-state index in [-0.39, 0.29) is 6.42 Å². The quantitative estimate of drug-likeness (QED) is 0.840. The predicted molar refractivity (Wildman–Crippen MR) is 72.4 cm³/mol. The van der Waals surface area contributed by atoms with Crippen LogP contribution in [0.2, 0.25) is 0 Å². The van der Waals surface area contributed by atoms with Crippen LogP contribution in [0.15, 0.2) is 12.1 Å². The molecular formula is C15H22O3. The molecule has 0 aliphatic carbocycles. The predicted octanol–water partition coefficient (Wildman–Crippen LogP) is 3.53. The summed E-state index contributed by atoms with van der Waals surface area (Å²) in [7, 11) is 1.69. The maximum Gasteiger partial charge on any atom is 0.303 e. The van der Waals surface area contributed by atoms with E-state index < -0.39 is 5.97 Å². The molecule has 18 heavy (non-hydrogen) atoms. The third-order valence-electron chi connectivity index (χ3n) is 3.10. The van der Waals surface area contributed by atoms with Crippen LogP contribution < -0.4 is 4.74 Å². The molecule has 0 saturated heterocycles. The smallest absolute Gasteiger partial charge is 0.303 e. The summed E-state index contributed by atoms with van der Waals surface area (Å²) in [4.78, 5) is 10.6. The first-order valence-corrected chi connectivity index (χ1v) is 6.35. The summed E-state index contributed by atoms with van der Waals surface area (Å²) in [5.41, 5.74) is 3.54. The van der Waals surface area contributed by atoms with Crippen LogP contribution in [0.5, 0.6) is 5.75 Å². The van der Waals surface area contributed by atoms with Crippen molar-refractivity contribution in [3.8, 4) is 5.75 Å². The van der Waals surface area contributed by atoms with Gasteiger partial charge in [0.25, 0.3) is 0 Å². The molecule has 1 aromatic rings. The maximum atomic E-state index is 10.6. The first-order chi connectivity index (χ1) is 8.47. The number of carboxylic acids is 1. The molecule has 0 fully saturated rings. The third kappa shape index (κ3) is 3.49. The van der Waals surface area contributed by atoms with E-state index in [4.69, 9.17) is 9.84 Å². The lowest BCUT2D eigenvalue weighted by Crippen LogP contribution is -2.04. The van der Waals surface area contributed by atoms with Gasteiger partial charge in [0.1, 0.15) is 5.75 Å². The van der Waals surface area contributed by atoms with Gasteiger partial charge in [-0.25, -0.2) is 0 Å². The Balaban J connectivity index is 3.00. The van der Waals surface area contributed by atoms with Gasteiger partial charge in [0.05, 0.1) is 7.11 Å². The average Bonchev–Trinajstić information content (AvgIpc) is 2.29. The molecule has 0 saturated carbocycles. The molecule has 0 aliphatic heterocycles. The summed E-state index contributed by atoms with van der Waals surface area (Å²) >= 11 is 0. The van der Waals surface area contributed by atoms with Crippen molar-refractivity contribution < 1.29 is 14.6 Å². The van der Waals surface area contributed by atoms with E-state index in [0.717, 1.165) is 17.7 Å². The second-order valence-electron chi connectivity index (χ2n) is 4.89. The number of ether oxygens (including phenoxy) is 1. The maximum absolute atomic E-state index is 10.6. The lowest BCUT2D eigenvalue weighted by atomic mass is 9.91. The van der Waals surface area contributed by atoms with Gasteiger partial charge in [-0.05, 0) is 36.8 Å². The molecule has 0 aromatic heterocycles. The molecule has 0 unspecified atom stereocenters. The fraction of sp³-hybridized carbons (Fsp3) is 0.533. The van der Waals surface area contributed by atoms with E-state index in [1.54, 1.807) is 7.11 Å². The summed E-state index contributed by atoms with van der Waals surface area (Å²) in [5.74, 6) is 0.581. The van der Waals surface area contributed by atoms with Crippen LogP contribution in [0.4, 0.5) is 0 Å². The van der Waals surface area contributed by atoms with Crippen molar-refractivity contribution in [1.82, 2.24) is 0 Å². The van der Waals surface area contributed by atoms with E-state index in [9.17, 15) is 4.79 Å². The van der Waals surface area contributed by atoms with Crippen molar-refractivity contribution >= 4 is 5.97 Å². The van der Waals surface area contributed by atoms with E-state index in [1.807, 2.05) is 13.0 Å². The molecule has 1 aromatic carbocycles. The van der Waals surface area contributed by atoms with Crippen LogP contribution >= 0.6 is 0 Å². The second-order valence-corrected chi connectivity index (χ2v) is 4.89. The number of carbonyl (C=O) groups is 1. The second kappa shape index (κ2) is 6.43. The number of hydrogen-bond donors (Lipinski definition) is 1. The number of aryl methyl sites for hydroxylation is 2. The first kappa shape index (κ1) is 14.6. The zero-order valence-electron chi connectivity index (χ0n) is 11.6. The van der Waals surface area contributed by atoms with Crippen molar-refractivity contribution in [3.05, 3.63) is 28.8 Å². The van der Waals surface area contributed by atoms with Gasteiger partial charge in [0.2, 0.25) is 0 Å². The van der Waals surface area contributed by atoms with Crippen LogP contribution in [0, 0.1) is 6.92 Å². The summed E-state index contributed by atoms with van der Waals surface area (Å²) in [6.07, 6.45) is 1.67. The van der Waals surface area contributed by atoms with Crippen molar-refractivity contribution in [2.75, 3.05) is 7.11 Å². The van der Waals surface area contributed by atoms with Crippen LogP contribution in [0.25, 0.3) is 0 Å². The summed E-state index contributed by atoms with van der Waals surface area (Å²) in [6.45, 7) is 6.31. The zero-order chi connectivity index (χ0) is 13.7. The van der Waals surface area contributed by atoms with Gasteiger partial charge in [-0.15, -0.1) is 0 Å². The van der Waals surface area contributed by atoms with E-state index >= 15 is 0 Å². The normalized spacial score (nSPS) is 10.7. The molecule has 0 aliphatic rings. The molecule has 0 radical (unpaired) electrons. The van der Waals surface area contributed by atoms with Gasteiger partial charge < -0.3 is 9.84 Å². The average molecular weight is 250 g/mol. The minimum atomic E-state index is -0.736. The number of rotatable bonds is 6. The fourth-order valence-corrected chi connectivity index (χ4v) is 2.30. The lowest BCUT2D eigenvalue weighted by Gasteiger charge is -2.19. The molecule has 0 spiro atoms. The van der Waals surface area contributed by atoms with E-state index in [1.165, 1.54) is 11.1 Å². The third-order valence-corrected chi connectivity index (χ3v) is 3.10. The molecular weight excluding hydrogens is 228 g/mol. The fourth-order valence-electron chi connectivity index (χ4n) is 2.30. The Labute approximate surface area is 109 Å². The van der Waals surface area contributed by atoms with Gasteiger partial charge >= 0.3 is 5.97 Å². The molecule has 1 rings (SSSR count). The largest absolute Gasteiger partial charge is 0.496 e. The minimum Gasteiger partial charge on any atom is -0.496 e. The van der Waals surface area contributed by atoms with Crippen molar-refractivity contribution in [1.29, 1.82) is 0 Å². The summed E-state index contributed by atoms with van der Waals surface area (Å²) in [5, 5.41) is 8.69. The molecule has 0 amide bonds. The topological polar surface area (TPSA) is 46.5 Å². The molecule has 0 heterocycles. The molecule has 3 nitrogen and oxygen atoms in total. The summed E-state index contributed by atoms with van der Waals surface area (Å²) in [6, 6.07) is 4.13. The van der Waals surface area contributed by atoms with Gasteiger partial charge in [-0.2, -0.15) is 0 Å². The lowest BCUT2D eigenvalue weighted by molar-refractivity contribution is -0.137. The zero-order valence-corrected chi connectivity index (χ0v) is 11.6. The highest BCUT2D eigenvalue weighted by molar-refractivity contribution is 5.66. The van der Waals surface area contributed by atoms with E-state index in [2.05, 4.69) is 19.9 Å². The standard InChI is InChI=1S/C15H22O3/c1-10(2)14-12(6-5-7-13(16)17)9-8-11(3)15(14)18-4/h8-10H,5-7H2,1-4H3,(H,16,17). The minimum absolute atomic E-state index is 0.216. The van der Waals surface area contributed by atoms with Gasteiger partial charge in [0.15, 0.2) is 0 Å². The van der Waals surface area contributed by atoms with Crippen molar-refractivity contribution in [3.63, 3.8) is 0 Å². The molecule has 3 heteroatoms. The van der Waals surface area contributed by atoms with Crippen molar-refractivity contribution in [2.24, 2.45) is 0 Å². The van der Waals surface area contributed by atoms with Crippen LogP contribution in [-0.4, -0.2) is 18.2 Å². The Hall–Kier alpha value is -1.51. The van der Waals surface area contributed by atoms with Crippen LogP contribution in [0.1, 0.15) is 49.3 Å². The van der Waals surface area contributed by atoms with Gasteiger partial charge in [-0.3, -0.25) is 4.79 Å². The molecule has 0 bridgehead atoms. The monoisotopic (exact) mass is 250 g/mol. The summed E-state index contributed by atoms with van der Waals surface area (Å²) < 4.78 is 5.49. The Kier molecular flexibility index (Phi) is 5.20. The van der Waals surface area contributed by atoms with Crippen LogP contribution in [0.3, 0.4) is 0 Å². The molecule has 100 valence electrons. The Morgan fingerprint density at radius 1 is 1.39 bits per heavy atom. The van der Waals surface area contributed by atoms with Crippen molar-refractivity contribution in [2.45, 2.75) is 46.0 Å². The highest BCUT2D eigenvalue weighted by atomic mass is 16.5. The number of hydrogen-bond acceptors (Lipinski definition) is 2. The Morgan fingerprint density at radius 2 is 2.06 bits per heavy atom. The van der Waals surface area contributed by atoms with E-state index in [0.29, 0.717) is 12.3 Å². The van der Waals surface area contributed by atoms with Crippen LogP contribution in [-0.2, 0) is 11.2 Å². The van der Waals surface area contributed by atoms with Gasteiger partial charge in [0, 0.05) is 12.0 Å². The number of benzene rings is 1. The first-order valence-electron chi connectivity index (χ1n) is 6.35. The SMILES string of the molecule is COc1c(C)ccc(CCCC(=O)O)c1C(C)C.